The highest BCUT2D eigenvalue weighted by Crippen LogP contribution is 2.19. The Morgan fingerprint density at radius 1 is 1.21 bits per heavy atom. The minimum atomic E-state index is 0.213. The topological polar surface area (TPSA) is 77.1 Å². The molecule has 0 unspecified atom stereocenters. The largest absolute Gasteiger partial charge is 0.342 e. The molecule has 0 bridgehead atoms. The third-order valence-electron chi connectivity index (χ3n) is 4.16. The van der Waals surface area contributed by atoms with Gasteiger partial charge in [0.1, 0.15) is 0 Å². The number of hydrogen-bond acceptors (Lipinski definition) is 5. The Labute approximate surface area is 138 Å². The number of carbonyl (C=O) groups is 1. The number of benzene rings is 1. The van der Waals surface area contributed by atoms with Crippen LogP contribution >= 0.6 is 0 Å². The molecule has 1 aliphatic heterocycles. The maximum atomic E-state index is 11.6. The van der Waals surface area contributed by atoms with Crippen molar-refractivity contribution < 1.29 is 9.32 Å². The Morgan fingerprint density at radius 3 is 2.79 bits per heavy atom. The van der Waals surface area contributed by atoms with Gasteiger partial charge in [0.2, 0.25) is 17.6 Å². The van der Waals surface area contributed by atoms with E-state index in [0.717, 1.165) is 24.2 Å². The van der Waals surface area contributed by atoms with Crippen molar-refractivity contribution in [3.05, 3.63) is 48.9 Å². The highest BCUT2D eigenvalue weighted by atomic mass is 16.5. The van der Waals surface area contributed by atoms with E-state index in [0.29, 0.717) is 31.1 Å². The molecule has 0 radical (unpaired) electrons. The molecule has 1 aromatic carbocycles. The highest BCUT2D eigenvalue weighted by molar-refractivity contribution is 5.78. The second kappa shape index (κ2) is 6.27. The zero-order valence-electron chi connectivity index (χ0n) is 13.1. The summed E-state index contributed by atoms with van der Waals surface area (Å²) in [7, 11) is 0. The van der Waals surface area contributed by atoms with Crippen molar-refractivity contribution in [3.8, 4) is 17.1 Å². The van der Waals surface area contributed by atoms with Gasteiger partial charge in [-0.1, -0.05) is 5.16 Å². The zero-order valence-corrected chi connectivity index (χ0v) is 13.1. The summed E-state index contributed by atoms with van der Waals surface area (Å²) in [6.07, 6.45) is 7.56. The van der Waals surface area contributed by atoms with E-state index in [1.54, 1.807) is 12.5 Å². The summed E-state index contributed by atoms with van der Waals surface area (Å²) in [5, 5.41) is 4.03. The van der Waals surface area contributed by atoms with E-state index in [4.69, 9.17) is 4.52 Å². The molecule has 0 N–H and O–H groups in total. The van der Waals surface area contributed by atoms with E-state index < -0.39 is 0 Å². The van der Waals surface area contributed by atoms with Crippen LogP contribution in [0.25, 0.3) is 17.1 Å². The summed E-state index contributed by atoms with van der Waals surface area (Å²) < 4.78 is 7.23. The second-order valence-electron chi connectivity index (χ2n) is 5.76. The summed E-state index contributed by atoms with van der Waals surface area (Å²) in [6, 6.07) is 7.87. The lowest BCUT2D eigenvalue weighted by Gasteiger charge is -2.13. The molecular weight excluding hydrogens is 306 g/mol. The van der Waals surface area contributed by atoms with E-state index in [2.05, 4.69) is 15.1 Å². The maximum absolute atomic E-state index is 11.6. The lowest BCUT2D eigenvalue weighted by Crippen LogP contribution is -2.26. The monoisotopic (exact) mass is 323 g/mol. The average Bonchev–Trinajstić information content (AvgIpc) is 3.35. The van der Waals surface area contributed by atoms with E-state index in [1.165, 1.54) is 0 Å². The molecule has 122 valence electrons. The Balaban J connectivity index is 1.43. The molecule has 3 aromatic rings. The number of carbonyl (C=O) groups excluding carboxylic acids is 1. The molecule has 4 rings (SSSR count). The van der Waals surface area contributed by atoms with Crippen molar-refractivity contribution in [2.24, 2.45) is 0 Å². The van der Waals surface area contributed by atoms with Gasteiger partial charge in [0.25, 0.3) is 0 Å². The lowest BCUT2D eigenvalue weighted by molar-refractivity contribution is -0.127. The molecule has 7 nitrogen and oxygen atoms in total. The first-order chi connectivity index (χ1) is 11.8. The van der Waals surface area contributed by atoms with Gasteiger partial charge in [-0.15, -0.1) is 0 Å². The van der Waals surface area contributed by atoms with Gasteiger partial charge < -0.3 is 14.0 Å². The third-order valence-corrected chi connectivity index (χ3v) is 4.16. The van der Waals surface area contributed by atoms with Gasteiger partial charge in [-0.25, -0.2) is 4.98 Å². The van der Waals surface area contributed by atoms with E-state index in [1.807, 2.05) is 39.9 Å². The number of imidazole rings is 1. The quantitative estimate of drug-likeness (QED) is 0.718. The van der Waals surface area contributed by atoms with Crippen LogP contribution in [0, 0.1) is 0 Å². The van der Waals surface area contributed by atoms with Gasteiger partial charge in [-0.05, 0) is 30.7 Å². The summed E-state index contributed by atoms with van der Waals surface area (Å²) in [6.45, 7) is 1.47. The van der Waals surface area contributed by atoms with Crippen LogP contribution in [0.15, 0.2) is 47.5 Å². The molecule has 2 aromatic heterocycles. The number of nitrogens with zero attached hydrogens (tertiary/aromatic N) is 5. The van der Waals surface area contributed by atoms with Crippen LogP contribution in [0.1, 0.15) is 18.7 Å². The molecule has 1 fully saturated rings. The summed E-state index contributed by atoms with van der Waals surface area (Å²) >= 11 is 0. The Hall–Kier alpha value is -2.96. The number of rotatable bonds is 5. The van der Waals surface area contributed by atoms with Crippen LogP contribution in [0.4, 0.5) is 0 Å². The number of likely N-dealkylation sites (tertiary alicyclic amines) is 1. The van der Waals surface area contributed by atoms with Crippen LogP contribution in [0.5, 0.6) is 0 Å². The van der Waals surface area contributed by atoms with Gasteiger partial charge in [0.15, 0.2) is 0 Å². The molecule has 1 amide bonds. The predicted octanol–water partition coefficient (Wildman–Crippen LogP) is 2.09. The minimum absolute atomic E-state index is 0.213. The van der Waals surface area contributed by atoms with Gasteiger partial charge in [-0.2, -0.15) is 4.98 Å². The van der Waals surface area contributed by atoms with Crippen molar-refractivity contribution in [1.82, 2.24) is 24.6 Å². The first-order valence-electron chi connectivity index (χ1n) is 7.99. The average molecular weight is 323 g/mol. The van der Waals surface area contributed by atoms with E-state index in [-0.39, 0.29) is 5.91 Å². The van der Waals surface area contributed by atoms with Crippen molar-refractivity contribution in [1.29, 1.82) is 0 Å². The SMILES string of the molecule is O=C1CCCN1CCc1nc(-c2ccc(-n3ccnc3)cc2)no1. The molecule has 24 heavy (non-hydrogen) atoms. The van der Waals surface area contributed by atoms with Gasteiger partial charge in [0.05, 0.1) is 6.33 Å². The molecule has 0 aliphatic carbocycles. The molecule has 0 atom stereocenters. The van der Waals surface area contributed by atoms with Crippen molar-refractivity contribution in [2.45, 2.75) is 19.3 Å². The van der Waals surface area contributed by atoms with E-state index in [9.17, 15) is 4.79 Å². The third kappa shape index (κ3) is 2.92. The predicted molar refractivity (Wildman–Crippen MR) is 86.4 cm³/mol. The van der Waals surface area contributed by atoms with Crippen LogP contribution < -0.4 is 0 Å². The van der Waals surface area contributed by atoms with Crippen LogP contribution in [-0.2, 0) is 11.2 Å². The molecule has 1 saturated heterocycles. The van der Waals surface area contributed by atoms with Crippen molar-refractivity contribution in [2.75, 3.05) is 13.1 Å². The van der Waals surface area contributed by atoms with E-state index >= 15 is 0 Å². The number of aromatic nitrogens is 4. The molecule has 0 saturated carbocycles. The highest BCUT2D eigenvalue weighted by Gasteiger charge is 2.20. The smallest absolute Gasteiger partial charge is 0.228 e. The lowest BCUT2D eigenvalue weighted by atomic mass is 10.2. The fraction of sp³-hybridized carbons (Fsp3) is 0.294. The fourth-order valence-corrected chi connectivity index (χ4v) is 2.84. The summed E-state index contributed by atoms with van der Waals surface area (Å²) in [5.74, 6) is 1.34. The Bertz CT molecular complexity index is 823. The zero-order chi connectivity index (χ0) is 16.4. The number of amides is 1. The van der Waals surface area contributed by atoms with Crippen molar-refractivity contribution >= 4 is 5.91 Å². The molecule has 7 heteroatoms. The maximum Gasteiger partial charge on any atom is 0.228 e. The van der Waals surface area contributed by atoms with Crippen molar-refractivity contribution in [3.63, 3.8) is 0 Å². The molecule has 1 aliphatic rings. The van der Waals surface area contributed by atoms with Crippen LogP contribution in [-0.4, -0.2) is 43.6 Å². The fourth-order valence-electron chi connectivity index (χ4n) is 2.84. The van der Waals surface area contributed by atoms with Gasteiger partial charge in [0, 0.05) is 49.6 Å². The first kappa shape index (κ1) is 14.6. The second-order valence-corrected chi connectivity index (χ2v) is 5.76. The van der Waals surface area contributed by atoms with Crippen LogP contribution in [0.3, 0.4) is 0 Å². The Kier molecular flexibility index (Phi) is 3.82. The standard InChI is InChI=1S/C17H17N5O2/c23-16-2-1-9-21(16)10-7-15-19-17(20-24-15)13-3-5-14(6-4-13)22-11-8-18-12-22/h3-6,8,11-12H,1-2,7,9-10H2. The van der Waals surface area contributed by atoms with Crippen LogP contribution in [0.2, 0.25) is 0 Å². The number of hydrogen-bond donors (Lipinski definition) is 0. The summed E-state index contributed by atoms with van der Waals surface area (Å²) in [5.41, 5.74) is 1.92. The summed E-state index contributed by atoms with van der Waals surface area (Å²) in [4.78, 5) is 21.9. The first-order valence-corrected chi connectivity index (χ1v) is 7.99. The Morgan fingerprint density at radius 2 is 2.08 bits per heavy atom. The molecule has 0 spiro atoms. The van der Waals surface area contributed by atoms with Gasteiger partial charge in [-0.3, -0.25) is 4.79 Å². The minimum Gasteiger partial charge on any atom is -0.342 e. The molecular formula is C17H17N5O2. The molecule has 3 heterocycles. The van der Waals surface area contributed by atoms with Gasteiger partial charge >= 0.3 is 0 Å². The normalized spacial score (nSPS) is 14.5.